The minimum atomic E-state index is -1.37. The molecule has 0 unspecified atom stereocenters. The van der Waals surface area contributed by atoms with Crippen LogP contribution in [0.25, 0.3) is 28.2 Å². The van der Waals surface area contributed by atoms with Crippen LogP contribution >= 0.6 is 0 Å². The third kappa shape index (κ3) is 4.98. The van der Waals surface area contributed by atoms with E-state index in [0.29, 0.717) is 17.3 Å². The van der Waals surface area contributed by atoms with Crippen molar-refractivity contribution in [1.29, 1.82) is 0 Å². The summed E-state index contributed by atoms with van der Waals surface area (Å²) in [6, 6.07) is 15.4. The summed E-state index contributed by atoms with van der Waals surface area (Å²) < 4.78 is 12.5. The number of carbonyl (C=O) groups excluding carboxylic acids is 1. The first-order valence-corrected chi connectivity index (χ1v) is 11.2. The molecule has 0 amide bonds. The van der Waals surface area contributed by atoms with E-state index in [-0.39, 0.29) is 24.1 Å². The Morgan fingerprint density at radius 1 is 1.11 bits per heavy atom. The number of carbonyl (C=O) groups is 1. The Kier molecular flexibility index (Phi) is 6.77. The first-order chi connectivity index (χ1) is 16.7. The Morgan fingerprint density at radius 3 is 2.37 bits per heavy atom. The van der Waals surface area contributed by atoms with E-state index in [1.807, 2.05) is 62.4 Å². The number of nitrogens with zero attached hydrogens (tertiary/aromatic N) is 5. The third-order valence-corrected chi connectivity index (χ3v) is 5.40. The second-order valence-electron chi connectivity index (χ2n) is 8.80. The number of ether oxygens (including phenoxy) is 2. The largest absolute Gasteiger partial charge is 0.464 e. The summed E-state index contributed by atoms with van der Waals surface area (Å²) in [5, 5.41) is 25.1. The lowest BCUT2D eigenvalue weighted by atomic mass is 9.99. The number of nitrogens with one attached hydrogen (secondary N) is 1. The molecule has 10 nitrogen and oxygen atoms in total. The van der Waals surface area contributed by atoms with Gasteiger partial charge in [-0.05, 0) is 56.2 Å². The van der Waals surface area contributed by atoms with Crippen LogP contribution < -0.4 is 0 Å². The van der Waals surface area contributed by atoms with Crippen molar-refractivity contribution in [2.75, 3.05) is 7.11 Å². The molecule has 2 aromatic carbocycles. The molecule has 10 heteroatoms. The van der Waals surface area contributed by atoms with Gasteiger partial charge in [-0.25, -0.2) is 9.78 Å². The number of esters is 1. The van der Waals surface area contributed by atoms with Crippen LogP contribution in [-0.4, -0.2) is 54.5 Å². The number of hydrogen-bond donors (Lipinski definition) is 2. The summed E-state index contributed by atoms with van der Waals surface area (Å²) in [6.45, 7) is 7.15. The topological polar surface area (TPSA) is 128 Å². The average Bonchev–Trinajstić information content (AvgIpc) is 3.50. The van der Waals surface area contributed by atoms with Crippen LogP contribution in [0.4, 0.5) is 0 Å². The van der Waals surface area contributed by atoms with Crippen LogP contribution in [0.15, 0.2) is 48.5 Å². The average molecular weight is 477 g/mol. The van der Waals surface area contributed by atoms with Gasteiger partial charge in [0.2, 0.25) is 5.82 Å². The normalized spacial score (nSPS) is 11.7. The summed E-state index contributed by atoms with van der Waals surface area (Å²) in [6.07, 6.45) is -0.0451. The summed E-state index contributed by atoms with van der Waals surface area (Å²) in [4.78, 5) is 17.4. The second kappa shape index (κ2) is 9.77. The van der Waals surface area contributed by atoms with E-state index in [2.05, 4.69) is 25.6 Å². The van der Waals surface area contributed by atoms with Crippen LogP contribution in [0, 0.1) is 0 Å². The second-order valence-corrected chi connectivity index (χ2v) is 8.80. The van der Waals surface area contributed by atoms with Crippen LogP contribution in [0.1, 0.15) is 49.7 Å². The monoisotopic (exact) mass is 476 g/mol. The third-order valence-electron chi connectivity index (χ3n) is 5.40. The molecule has 4 rings (SSSR count). The number of methoxy groups -OCH3 is 1. The molecule has 182 valence electrons. The van der Waals surface area contributed by atoms with Crippen molar-refractivity contribution in [3.8, 4) is 28.2 Å². The molecule has 0 saturated heterocycles. The highest BCUT2D eigenvalue weighted by atomic mass is 16.5. The van der Waals surface area contributed by atoms with Crippen molar-refractivity contribution in [2.45, 2.75) is 46.0 Å². The lowest BCUT2D eigenvalue weighted by Gasteiger charge is -2.17. The molecule has 0 atom stereocenters. The predicted octanol–water partition coefficient (Wildman–Crippen LogP) is 3.66. The van der Waals surface area contributed by atoms with Gasteiger partial charge in [-0.1, -0.05) is 36.4 Å². The van der Waals surface area contributed by atoms with E-state index >= 15 is 0 Å². The van der Waals surface area contributed by atoms with Crippen LogP contribution in [0.2, 0.25) is 0 Å². The SMILES string of the molecule is COC(=O)c1c(C(C)(C)O)nc(COC(C)C)n1-c1ccc(-c2ccccc2-c2nn[nH]n2)cc1. The molecule has 0 saturated carbocycles. The van der Waals surface area contributed by atoms with Crippen molar-refractivity contribution in [2.24, 2.45) is 0 Å². The van der Waals surface area contributed by atoms with Crippen molar-refractivity contribution in [3.05, 3.63) is 65.7 Å². The predicted molar refractivity (Wildman–Crippen MR) is 129 cm³/mol. The number of imidazole rings is 1. The zero-order valence-corrected chi connectivity index (χ0v) is 20.3. The van der Waals surface area contributed by atoms with E-state index in [9.17, 15) is 9.90 Å². The van der Waals surface area contributed by atoms with E-state index in [4.69, 9.17) is 9.47 Å². The summed E-state index contributed by atoms with van der Waals surface area (Å²) >= 11 is 0. The molecule has 0 fully saturated rings. The highest BCUT2D eigenvalue weighted by Crippen LogP contribution is 2.32. The maximum atomic E-state index is 12.8. The quantitative estimate of drug-likeness (QED) is 0.369. The fraction of sp³-hybridized carbons (Fsp3) is 0.320. The number of H-pyrrole nitrogens is 1. The lowest BCUT2D eigenvalue weighted by Crippen LogP contribution is -2.22. The molecule has 0 radical (unpaired) electrons. The van der Waals surface area contributed by atoms with Gasteiger partial charge in [-0.2, -0.15) is 5.21 Å². The molecule has 2 aromatic heterocycles. The van der Waals surface area contributed by atoms with Gasteiger partial charge in [0.1, 0.15) is 23.7 Å². The van der Waals surface area contributed by atoms with Gasteiger partial charge in [-0.15, -0.1) is 10.2 Å². The number of hydrogen-bond acceptors (Lipinski definition) is 8. The zero-order chi connectivity index (χ0) is 25.2. The fourth-order valence-corrected chi connectivity index (χ4v) is 3.79. The number of aromatic amines is 1. The Bertz CT molecular complexity index is 1300. The van der Waals surface area contributed by atoms with Gasteiger partial charge in [0, 0.05) is 11.3 Å². The molecular formula is C25H28N6O4. The van der Waals surface area contributed by atoms with Gasteiger partial charge in [-0.3, -0.25) is 4.57 Å². The van der Waals surface area contributed by atoms with Gasteiger partial charge in [0.25, 0.3) is 0 Å². The standard InChI is InChI=1S/C25H28N6O4/c1-15(2)35-14-20-26-22(25(3,4)33)21(24(32)34-5)31(20)17-12-10-16(11-13-17)18-8-6-7-9-19(18)23-27-29-30-28-23/h6-13,15,33H,14H2,1-5H3,(H,27,28,29,30). The van der Waals surface area contributed by atoms with Gasteiger partial charge < -0.3 is 14.6 Å². The van der Waals surface area contributed by atoms with Crippen molar-refractivity contribution >= 4 is 5.97 Å². The maximum Gasteiger partial charge on any atom is 0.357 e. The Balaban J connectivity index is 1.83. The van der Waals surface area contributed by atoms with E-state index in [1.54, 1.807) is 18.4 Å². The first-order valence-electron chi connectivity index (χ1n) is 11.2. The smallest absolute Gasteiger partial charge is 0.357 e. The zero-order valence-electron chi connectivity index (χ0n) is 20.3. The summed E-state index contributed by atoms with van der Waals surface area (Å²) in [7, 11) is 1.30. The Hall–Kier alpha value is -3.89. The molecule has 4 aromatic rings. The molecule has 0 aliphatic rings. The van der Waals surface area contributed by atoms with Gasteiger partial charge in [0.05, 0.1) is 13.2 Å². The Labute approximate surface area is 202 Å². The number of aromatic nitrogens is 6. The summed E-state index contributed by atoms with van der Waals surface area (Å²) in [5.41, 5.74) is 2.38. The molecule has 0 spiro atoms. The van der Waals surface area contributed by atoms with Gasteiger partial charge in [0.15, 0.2) is 5.69 Å². The van der Waals surface area contributed by atoms with Gasteiger partial charge >= 0.3 is 5.97 Å². The van der Waals surface area contributed by atoms with E-state index in [0.717, 1.165) is 16.7 Å². The molecule has 2 N–H and O–H groups in total. The van der Waals surface area contributed by atoms with E-state index in [1.165, 1.54) is 7.11 Å². The van der Waals surface area contributed by atoms with Crippen LogP contribution in [0.3, 0.4) is 0 Å². The van der Waals surface area contributed by atoms with Crippen LogP contribution in [-0.2, 0) is 21.7 Å². The number of benzene rings is 2. The van der Waals surface area contributed by atoms with Crippen LogP contribution in [0.5, 0.6) is 0 Å². The molecule has 0 aliphatic heterocycles. The maximum absolute atomic E-state index is 12.8. The Morgan fingerprint density at radius 2 is 1.80 bits per heavy atom. The lowest BCUT2D eigenvalue weighted by molar-refractivity contribution is 0.0535. The van der Waals surface area contributed by atoms with E-state index < -0.39 is 11.6 Å². The van der Waals surface area contributed by atoms with Crippen molar-refractivity contribution in [3.63, 3.8) is 0 Å². The minimum absolute atomic E-state index is 0.0451. The molecule has 0 bridgehead atoms. The van der Waals surface area contributed by atoms with Crippen molar-refractivity contribution < 1.29 is 19.4 Å². The minimum Gasteiger partial charge on any atom is -0.464 e. The summed E-state index contributed by atoms with van der Waals surface area (Å²) in [5.74, 6) is 0.378. The number of tetrazole rings is 1. The highest BCUT2D eigenvalue weighted by Gasteiger charge is 2.33. The molecular weight excluding hydrogens is 448 g/mol. The van der Waals surface area contributed by atoms with Crippen molar-refractivity contribution in [1.82, 2.24) is 30.2 Å². The first kappa shape index (κ1) is 24.2. The number of aliphatic hydroxyl groups is 1. The fourth-order valence-electron chi connectivity index (χ4n) is 3.79. The molecule has 0 aliphatic carbocycles. The highest BCUT2D eigenvalue weighted by molar-refractivity contribution is 5.90. The molecule has 2 heterocycles. The molecule has 35 heavy (non-hydrogen) atoms. The number of rotatable bonds is 8.